The second-order valence-corrected chi connectivity index (χ2v) is 6.92. The number of hydrogen-bond acceptors (Lipinski definition) is 2. The van der Waals surface area contributed by atoms with E-state index in [1.54, 1.807) is 0 Å². The maximum absolute atomic E-state index is 13.8. The summed E-state index contributed by atoms with van der Waals surface area (Å²) in [4.78, 5) is 0. The van der Waals surface area contributed by atoms with Crippen LogP contribution >= 0.6 is 0 Å². The van der Waals surface area contributed by atoms with Crippen molar-refractivity contribution in [1.82, 2.24) is 0 Å². The minimum absolute atomic E-state index is 0.0228. The van der Waals surface area contributed by atoms with E-state index in [-0.39, 0.29) is 17.3 Å². The van der Waals surface area contributed by atoms with E-state index in [4.69, 9.17) is 9.31 Å². The molecule has 6 heteroatoms. The van der Waals surface area contributed by atoms with Gasteiger partial charge in [-0.15, -0.1) is 0 Å². The fraction of sp³-hybridized carbons (Fsp3) is 0.600. The Morgan fingerprint density at radius 1 is 0.952 bits per heavy atom. The first-order chi connectivity index (χ1) is 9.62. The molecule has 0 N–H and O–H groups in total. The van der Waals surface area contributed by atoms with Crippen molar-refractivity contribution in [2.75, 3.05) is 0 Å². The first-order valence-corrected chi connectivity index (χ1v) is 7.12. The summed E-state index contributed by atoms with van der Waals surface area (Å²) in [5.41, 5.74) is -0.692. The zero-order valence-electron chi connectivity index (χ0n) is 12.5. The monoisotopic (exact) mass is 298 g/mol. The molecule has 2 aliphatic rings. The van der Waals surface area contributed by atoms with Crippen molar-refractivity contribution >= 4 is 7.12 Å². The van der Waals surface area contributed by atoms with Crippen molar-refractivity contribution in [3.63, 3.8) is 0 Å². The Kier molecular flexibility index (Phi) is 3.19. The van der Waals surface area contributed by atoms with E-state index in [2.05, 4.69) is 0 Å². The highest BCUT2D eigenvalue weighted by Crippen LogP contribution is 2.58. The second-order valence-electron chi connectivity index (χ2n) is 6.92. The molecule has 0 radical (unpaired) electrons. The highest BCUT2D eigenvalue weighted by molar-refractivity contribution is 6.49. The fourth-order valence-corrected chi connectivity index (χ4v) is 2.76. The van der Waals surface area contributed by atoms with Gasteiger partial charge in [0.2, 0.25) is 0 Å². The van der Waals surface area contributed by atoms with Crippen molar-refractivity contribution < 1.29 is 22.5 Å². The highest BCUT2D eigenvalue weighted by atomic mass is 19.2. The largest absolute Gasteiger partial charge is 0.461 e. The molecule has 0 amide bonds. The number of rotatable bonds is 2. The summed E-state index contributed by atoms with van der Waals surface area (Å²) < 4.78 is 51.9. The van der Waals surface area contributed by atoms with E-state index in [9.17, 15) is 13.2 Å². The van der Waals surface area contributed by atoms with E-state index in [1.807, 2.05) is 27.7 Å². The number of benzene rings is 1. The van der Waals surface area contributed by atoms with Crippen LogP contribution in [0.4, 0.5) is 13.2 Å². The minimum atomic E-state index is -1.16. The third-order valence-electron chi connectivity index (χ3n) is 4.90. The van der Waals surface area contributed by atoms with Gasteiger partial charge >= 0.3 is 7.12 Å². The molecule has 21 heavy (non-hydrogen) atoms. The Hall–Kier alpha value is -1.01. The smallest absolute Gasteiger partial charge is 0.403 e. The minimum Gasteiger partial charge on any atom is -0.403 e. The first kappa shape index (κ1) is 14.9. The SMILES string of the molecule is CC1(C)OB([C@H]2C[C@@H]2c2cc(F)c(F)cc2F)OC1(C)C. The van der Waals surface area contributed by atoms with Gasteiger partial charge in [0.05, 0.1) is 11.2 Å². The Morgan fingerprint density at radius 2 is 1.48 bits per heavy atom. The van der Waals surface area contributed by atoms with Crippen molar-refractivity contribution in [3.05, 3.63) is 35.1 Å². The van der Waals surface area contributed by atoms with Gasteiger partial charge < -0.3 is 9.31 Å². The summed E-state index contributed by atoms with van der Waals surface area (Å²) in [5.74, 6) is -3.10. The van der Waals surface area contributed by atoms with Crippen molar-refractivity contribution in [2.24, 2.45) is 0 Å². The highest BCUT2D eigenvalue weighted by Gasteiger charge is 2.60. The van der Waals surface area contributed by atoms with E-state index in [0.717, 1.165) is 6.07 Å². The Morgan fingerprint density at radius 3 is 2.05 bits per heavy atom. The summed E-state index contributed by atoms with van der Waals surface area (Å²) in [6, 6.07) is 1.55. The molecule has 0 unspecified atom stereocenters. The molecule has 1 aliphatic heterocycles. The lowest BCUT2D eigenvalue weighted by atomic mass is 9.79. The van der Waals surface area contributed by atoms with Gasteiger partial charge in [-0.1, -0.05) is 0 Å². The van der Waals surface area contributed by atoms with Crippen molar-refractivity contribution in [2.45, 2.75) is 57.1 Å². The molecule has 1 aromatic carbocycles. The molecule has 1 saturated carbocycles. The fourth-order valence-electron chi connectivity index (χ4n) is 2.76. The first-order valence-electron chi connectivity index (χ1n) is 7.12. The zero-order valence-corrected chi connectivity index (χ0v) is 12.5. The van der Waals surface area contributed by atoms with Crippen molar-refractivity contribution in [3.8, 4) is 0 Å². The van der Waals surface area contributed by atoms with Crippen LogP contribution < -0.4 is 0 Å². The van der Waals surface area contributed by atoms with Crippen LogP contribution in [0.25, 0.3) is 0 Å². The van der Waals surface area contributed by atoms with Gasteiger partial charge in [-0.25, -0.2) is 13.2 Å². The number of hydrogen-bond donors (Lipinski definition) is 0. The predicted octanol–water partition coefficient (Wildman–Crippen LogP) is 4.05. The molecular formula is C15H18BF3O2. The summed E-state index contributed by atoms with van der Waals surface area (Å²) in [6.07, 6.45) is 0.652. The van der Waals surface area contributed by atoms with Gasteiger partial charge in [0.15, 0.2) is 11.6 Å². The van der Waals surface area contributed by atoms with Gasteiger partial charge in [0.1, 0.15) is 5.82 Å². The molecular weight excluding hydrogens is 280 g/mol. The number of halogens is 3. The lowest BCUT2D eigenvalue weighted by Gasteiger charge is -2.32. The van der Waals surface area contributed by atoms with E-state index in [1.165, 1.54) is 0 Å². The Labute approximate surface area is 122 Å². The van der Waals surface area contributed by atoms with Crippen LogP contribution in [0.2, 0.25) is 5.82 Å². The lowest BCUT2D eigenvalue weighted by molar-refractivity contribution is 0.00578. The molecule has 0 aromatic heterocycles. The molecule has 3 rings (SSSR count). The van der Waals surface area contributed by atoms with Gasteiger partial charge in [-0.2, -0.15) is 0 Å². The van der Waals surface area contributed by atoms with Gasteiger partial charge in [-0.05, 0) is 51.7 Å². The maximum Gasteiger partial charge on any atom is 0.461 e. The summed E-state index contributed by atoms with van der Waals surface area (Å²) in [7, 11) is -0.437. The van der Waals surface area contributed by atoms with E-state index in [0.29, 0.717) is 12.5 Å². The molecule has 1 heterocycles. The molecule has 0 bridgehead atoms. The Bertz CT molecular complexity index is 573. The molecule has 2 nitrogen and oxygen atoms in total. The molecule has 2 atom stereocenters. The average molecular weight is 298 g/mol. The molecule has 114 valence electrons. The van der Waals surface area contributed by atoms with Crippen LogP contribution in [0.3, 0.4) is 0 Å². The average Bonchev–Trinajstić information content (AvgIpc) is 3.08. The topological polar surface area (TPSA) is 18.5 Å². The van der Waals surface area contributed by atoms with Crippen LogP contribution in [0.15, 0.2) is 12.1 Å². The van der Waals surface area contributed by atoms with Gasteiger partial charge in [-0.3, -0.25) is 0 Å². The van der Waals surface area contributed by atoms with Crippen molar-refractivity contribution in [1.29, 1.82) is 0 Å². The molecule has 0 spiro atoms. The van der Waals surface area contributed by atoms with Crippen LogP contribution in [0.5, 0.6) is 0 Å². The Balaban J connectivity index is 1.78. The zero-order chi connectivity index (χ0) is 15.6. The van der Waals surface area contributed by atoms with Crippen LogP contribution in [0.1, 0.15) is 45.6 Å². The van der Waals surface area contributed by atoms with E-state index >= 15 is 0 Å². The molecule has 1 aromatic rings. The summed E-state index contributed by atoms with van der Waals surface area (Å²) in [5, 5.41) is 0. The summed E-state index contributed by atoms with van der Waals surface area (Å²) in [6.45, 7) is 7.79. The van der Waals surface area contributed by atoms with Crippen LogP contribution in [-0.2, 0) is 9.31 Å². The van der Waals surface area contributed by atoms with E-state index < -0.39 is 35.8 Å². The molecule has 1 saturated heterocycles. The van der Waals surface area contributed by atoms with Crippen LogP contribution in [-0.4, -0.2) is 18.3 Å². The quantitative estimate of drug-likeness (QED) is 0.605. The normalized spacial score (nSPS) is 29.8. The third-order valence-corrected chi connectivity index (χ3v) is 4.90. The maximum atomic E-state index is 13.8. The second kappa shape index (κ2) is 4.49. The third kappa shape index (κ3) is 2.38. The lowest BCUT2D eigenvalue weighted by Crippen LogP contribution is -2.41. The van der Waals surface area contributed by atoms with Crippen LogP contribution in [0, 0.1) is 17.5 Å². The van der Waals surface area contributed by atoms with Gasteiger partial charge in [0, 0.05) is 11.9 Å². The molecule has 2 fully saturated rings. The standard InChI is InChI=1S/C15H18BF3O2/c1-14(2)15(3,4)21-16(20-14)10-5-8(10)9-6-12(18)13(19)7-11(9)17/h6-8,10H,5H2,1-4H3/t8-,10+/m1/s1. The summed E-state index contributed by atoms with van der Waals surface area (Å²) >= 11 is 0. The predicted molar refractivity (Wildman–Crippen MR) is 73.5 cm³/mol. The van der Waals surface area contributed by atoms with Gasteiger partial charge in [0.25, 0.3) is 0 Å². The molecule has 1 aliphatic carbocycles.